The van der Waals surface area contributed by atoms with E-state index in [1.165, 1.54) is 0 Å². The summed E-state index contributed by atoms with van der Waals surface area (Å²) in [5.74, 6) is 0.744. The molecular weight excluding hydrogens is 374 g/mol. The van der Waals surface area contributed by atoms with Crippen LogP contribution >= 0.6 is 24.4 Å². The van der Waals surface area contributed by atoms with Crippen LogP contribution in [0.4, 0.5) is 0 Å². The maximum Gasteiger partial charge on any atom is 0.140 e. The number of rotatable bonds is 3. The molecule has 0 spiro atoms. The van der Waals surface area contributed by atoms with Gasteiger partial charge in [-0.3, -0.25) is 0 Å². The van der Waals surface area contributed by atoms with Crippen molar-refractivity contribution in [1.29, 1.82) is 0 Å². The van der Waals surface area contributed by atoms with Crippen LogP contribution in [0, 0.1) is 4.64 Å². The zero-order valence-electron chi connectivity index (χ0n) is 14.7. The molecule has 1 saturated heterocycles. The van der Waals surface area contributed by atoms with Crippen molar-refractivity contribution in [3.63, 3.8) is 0 Å². The first-order chi connectivity index (χ1) is 13.2. The number of aromatic nitrogens is 2. The van der Waals surface area contributed by atoms with Crippen molar-refractivity contribution in [3.05, 3.63) is 70.9 Å². The molecule has 1 aromatic heterocycles. The molecule has 0 saturated carbocycles. The number of hydrogen-bond donors (Lipinski definition) is 1. The molecule has 0 bridgehead atoms. The smallest absolute Gasteiger partial charge is 0.140 e. The molecule has 0 amide bonds. The number of morpholine rings is 1. The third-order valence-electron chi connectivity index (χ3n) is 4.54. The van der Waals surface area contributed by atoms with Crippen molar-refractivity contribution in [3.8, 4) is 22.6 Å². The molecule has 0 unspecified atom stereocenters. The normalized spacial score (nSPS) is 14.1. The van der Waals surface area contributed by atoms with Gasteiger partial charge in [0.25, 0.3) is 0 Å². The van der Waals surface area contributed by atoms with E-state index in [2.05, 4.69) is 27.0 Å². The number of ether oxygens (including phenoxy) is 1. The van der Waals surface area contributed by atoms with Gasteiger partial charge in [0.05, 0.1) is 24.5 Å². The molecule has 1 aliphatic heterocycles. The van der Waals surface area contributed by atoms with Crippen molar-refractivity contribution in [2.45, 2.75) is 0 Å². The van der Waals surface area contributed by atoms with E-state index in [4.69, 9.17) is 29.2 Å². The topological polar surface area (TPSA) is 41.2 Å². The highest BCUT2D eigenvalue weighted by Crippen LogP contribution is 2.27. The lowest BCUT2D eigenvalue weighted by molar-refractivity contribution is 0.0692. The molecule has 136 valence electrons. The van der Waals surface area contributed by atoms with Gasteiger partial charge in [-0.15, -0.1) is 0 Å². The summed E-state index contributed by atoms with van der Waals surface area (Å²) in [6, 6.07) is 20.1. The van der Waals surface area contributed by atoms with Crippen LogP contribution < -0.4 is 0 Å². The molecular formula is C21H19N3OS2. The molecule has 1 fully saturated rings. The third kappa shape index (κ3) is 3.83. The van der Waals surface area contributed by atoms with Crippen molar-refractivity contribution in [2.24, 2.45) is 0 Å². The van der Waals surface area contributed by atoms with E-state index in [0.717, 1.165) is 46.3 Å². The van der Waals surface area contributed by atoms with Gasteiger partial charge in [0, 0.05) is 18.7 Å². The minimum atomic E-state index is 0.517. The summed E-state index contributed by atoms with van der Waals surface area (Å²) in [5.41, 5.74) is 3.75. The average Bonchev–Trinajstić information content (AvgIpc) is 2.74. The van der Waals surface area contributed by atoms with Crippen LogP contribution in [0.25, 0.3) is 22.6 Å². The van der Waals surface area contributed by atoms with Crippen LogP contribution in [0.5, 0.6) is 0 Å². The Morgan fingerprint density at radius 3 is 2.15 bits per heavy atom. The number of H-pyrrole nitrogens is 1. The molecule has 27 heavy (non-hydrogen) atoms. The van der Waals surface area contributed by atoms with Crippen LogP contribution in [0.1, 0.15) is 5.56 Å². The van der Waals surface area contributed by atoms with Gasteiger partial charge in [0.2, 0.25) is 0 Å². The third-order valence-corrected chi connectivity index (χ3v) is 5.30. The number of aromatic amines is 1. The number of thiocarbonyl (C=S) groups is 1. The van der Waals surface area contributed by atoms with Crippen LogP contribution in [0.15, 0.2) is 60.7 Å². The molecule has 4 rings (SSSR count). The van der Waals surface area contributed by atoms with E-state index >= 15 is 0 Å². The quantitative estimate of drug-likeness (QED) is 0.665. The molecule has 2 heterocycles. The first-order valence-corrected chi connectivity index (χ1v) is 9.68. The minimum absolute atomic E-state index is 0.517. The summed E-state index contributed by atoms with van der Waals surface area (Å²) in [6.07, 6.45) is 0. The predicted octanol–water partition coefficient (Wildman–Crippen LogP) is 4.48. The van der Waals surface area contributed by atoms with Gasteiger partial charge in [-0.05, 0) is 5.56 Å². The first kappa shape index (κ1) is 18.0. The molecule has 1 aliphatic rings. The molecule has 1 N–H and O–H groups in total. The summed E-state index contributed by atoms with van der Waals surface area (Å²) in [7, 11) is 0. The van der Waals surface area contributed by atoms with Gasteiger partial charge in [-0.2, -0.15) is 0 Å². The van der Waals surface area contributed by atoms with Crippen molar-refractivity contribution in [1.82, 2.24) is 14.9 Å². The lowest BCUT2D eigenvalue weighted by Crippen LogP contribution is -2.40. The summed E-state index contributed by atoms with van der Waals surface area (Å²) in [4.78, 5) is 11.0. The van der Waals surface area contributed by atoms with Crippen LogP contribution in [-0.4, -0.2) is 46.2 Å². The Morgan fingerprint density at radius 2 is 1.52 bits per heavy atom. The number of nitrogens with one attached hydrogen (secondary N) is 1. The second-order valence-corrected chi connectivity index (χ2v) is 7.05. The highest BCUT2D eigenvalue weighted by Gasteiger charge is 2.21. The van der Waals surface area contributed by atoms with E-state index < -0.39 is 0 Å². The highest BCUT2D eigenvalue weighted by atomic mass is 32.1. The molecule has 3 aromatic rings. The van der Waals surface area contributed by atoms with E-state index in [9.17, 15) is 0 Å². The maximum absolute atomic E-state index is 5.82. The standard InChI is InChI=1S/C21H19N3OS2/c26-20-17(21(27)24-11-13-25-14-12-24)18(15-7-3-1-4-8-15)22-19(23-20)16-9-5-2-6-10-16/h1-10H,11-14H2,(H,22,23,26). The van der Waals surface area contributed by atoms with E-state index in [-0.39, 0.29) is 0 Å². The summed E-state index contributed by atoms with van der Waals surface area (Å²) >= 11 is 11.5. The Hall–Kier alpha value is -2.41. The molecule has 0 atom stereocenters. The lowest BCUT2D eigenvalue weighted by atomic mass is 10.1. The van der Waals surface area contributed by atoms with E-state index in [1.54, 1.807) is 0 Å². The summed E-state index contributed by atoms with van der Waals surface area (Å²) < 4.78 is 5.97. The first-order valence-electron chi connectivity index (χ1n) is 8.86. The van der Waals surface area contributed by atoms with Gasteiger partial charge in [-0.25, -0.2) is 4.98 Å². The van der Waals surface area contributed by atoms with Gasteiger partial charge in [0.15, 0.2) is 0 Å². The zero-order chi connectivity index (χ0) is 18.6. The predicted molar refractivity (Wildman–Crippen MR) is 114 cm³/mol. The second-order valence-electron chi connectivity index (χ2n) is 6.28. The molecule has 0 aliphatic carbocycles. The summed E-state index contributed by atoms with van der Waals surface area (Å²) in [6.45, 7) is 2.88. The van der Waals surface area contributed by atoms with Gasteiger partial charge >= 0.3 is 0 Å². The molecule has 2 aromatic carbocycles. The Bertz CT molecular complexity index is 997. The largest absolute Gasteiger partial charge is 0.378 e. The lowest BCUT2D eigenvalue weighted by Gasteiger charge is -2.30. The monoisotopic (exact) mass is 393 g/mol. The fourth-order valence-electron chi connectivity index (χ4n) is 3.15. The molecule has 6 heteroatoms. The Balaban J connectivity index is 1.87. The van der Waals surface area contributed by atoms with Crippen molar-refractivity contribution in [2.75, 3.05) is 26.3 Å². The minimum Gasteiger partial charge on any atom is -0.378 e. The number of nitrogens with zero attached hydrogens (tertiary/aromatic N) is 2. The average molecular weight is 394 g/mol. The van der Waals surface area contributed by atoms with Crippen molar-refractivity contribution < 1.29 is 4.74 Å². The molecule has 0 radical (unpaired) electrons. The Labute approximate surface area is 168 Å². The number of benzene rings is 2. The van der Waals surface area contributed by atoms with Gasteiger partial charge < -0.3 is 14.6 Å². The zero-order valence-corrected chi connectivity index (χ0v) is 16.4. The SMILES string of the molecule is S=C(c1c(-c2ccccc2)[nH]c(-c2ccccc2)nc1=S)N1CCOCC1. The maximum atomic E-state index is 5.82. The van der Waals surface area contributed by atoms with E-state index in [0.29, 0.717) is 17.9 Å². The fourth-order valence-corrected chi connectivity index (χ4v) is 3.89. The molecule has 4 nitrogen and oxygen atoms in total. The van der Waals surface area contributed by atoms with Gasteiger partial charge in [0.1, 0.15) is 15.5 Å². The van der Waals surface area contributed by atoms with Crippen molar-refractivity contribution >= 4 is 29.4 Å². The summed E-state index contributed by atoms with van der Waals surface area (Å²) in [5, 5.41) is 0. The van der Waals surface area contributed by atoms with Crippen LogP contribution in [0.3, 0.4) is 0 Å². The van der Waals surface area contributed by atoms with Crippen LogP contribution in [-0.2, 0) is 4.74 Å². The van der Waals surface area contributed by atoms with E-state index in [1.807, 2.05) is 48.5 Å². The fraction of sp³-hybridized carbons (Fsp3) is 0.190. The highest BCUT2D eigenvalue weighted by molar-refractivity contribution is 7.80. The number of hydrogen-bond acceptors (Lipinski definition) is 4. The van der Waals surface area contributed by atoms with Gasteiger partial charge in [-0.1, -0.05) is 85.1 Å². The second kappa shape index (κ2) is 8.08. The van der Waals surface area contributed by atoms with Crippen LogP contribution in [0.2, 0.25) is 0 Å². The Morgan fingerprint density at radius 1 is 0.926 bits per heavy atom. The Kier molecular flexibility index (Phi) is 5.38.